The van der Waals surface area contributed by atoms with E-state index < -0.39 is 5.60 Å². The molecule has 6 heteroatoms. The Morgan fingerprint density at radius 1 is 1.47 bits per heavy atom. The molecule has 4 N–H and O–H groups in total. The van der Waals surface area contributed by atoms with Gasteiger partial charge in [0.15, 0.2) is 0 Å². The molecule has 5 nitrogen and oxygen atoms in total. The predicted molar refractivity (Wildman–Crippen MR) is 77.7 cm³/mol. The highest BCUT2D eigenvalue weighted by atomic mass is 32.2. The monoisotopic (exact) mass is 281 g/mol. The van der Waals surface area contributed by atoms with E-state index in [-0.39, 0.29) is 12.6 Å². The van der Waals surface area contributed by atoms with Crippen molar-refractivity contribution >= 4 is 23.5 Å². The van der Waals surface area contributed by atoms with Gasteiger partial charge in [0.05, 0.1) is 5.60 Å². The molecule has 2 amide bonds. The number of thioether (sulfide) groups is 1. The third kappa shape index (κ3) is 4.12. The molecule has 0 saturated carbocycles. The third-order valence-corrected chi connectivity index (χ3v) is 3.89. The summed E-state index contributed by atoms with van der Waals surface area (Å²) in [6, 6.07) is 7.33. The minimum atomic E-state index is -0.819. The highest BCUT2D eigenvalue weighted by molar-refractivity contribution is 7.98. The third-order valence-electron chi connectivity index (χ3n) is 3.15. The van der Waals surface area contributed by atoms with Gasteiger partial charge in [0.1, 0.15) is 0 Å². The molecule has 1 aromatic rings. The van der Waals surface area contributed by atoms with Crippen molar-refractivity contribution in [3.63, 3.8) is 0 Å². The molecule has 1 heterocycles. The lowest BCUT2D eigenvalue weighted by molar-refractivity contribution is 0.0640. The van der Waals surface area contributed by atoms with Crippen LogP contribution < -0.4 is 16.0 Å². The maximum atomic E-state index is 11.7. The van der Waals surface area contributed by atoms with Gasteiger partial charge >= 0.3 is 6.03 Å². The molecule has 0 aromatic heterocycles. The molecule has 1 aromatic carbocycles. The van der Waals surface area contributed by atoms with Gasteiger partial charge in [-0.15, -0.1) is 11.8 Å². The second-order valence-corrected chi connectivity index (χ2v) is 5.57. The van der Waals surface area contributed by atoms with Crippen LogP contribution in [0.4, 0.5) is 10.5 Å². The quantitative estimate of drug-likeness (QED) is 0.627. The number of β-amino-alcohol motifs (C(OH)–C–C–N with tert-alkyl or cyclic N) is 1. The van der Waals surface area contributed by atoms with Gasteiger partial charge in [-0.05, 0) is 43.5 Å². The number of aliphatic hydroxyl groups is 1. The fourth-order valence-electron chi connectivity index (χ4n) is 1.98. The van der Waals surface area contributed by atoms with Gasteiger partial charge in [0.25, 0.3) is 0 Å². The Morgan fingerprint density at radius 2 is 2.21 bits per heavy atom. The Hall–Kier alpha value is -1.24. The number of rotatable bonds is 4. The van der Waals surface area contributed by atoms with Gasteiger partial charge < -0.3 is 21.1 Å². The Morgan fingerprint density at radius 3 is 2.79 bits per heavy atom. The first-order chi connectivity index (χ1) is 9.11. The van der Waals surface area contributed by atoms with E-state index in [4.69, 9.17) is 0 Å². The Balaban J connectivity index is 1.80. The summed E-state index contributed by atoms with van der Waals surface area (Å²) in [5.74, 6) is 0. The van der Waals surface area contributed by atoms with E-state index in [1.807, 2.05) is 30.5 Å². The van der Waals surface area contributed by atoms with Crippen molar-refractivity contribution in [1.82, 2.24) is 10.6 Å². The summed E-state index contributed by atoms with van der Waals surface area (Å²) in [6.45, 7) is 1.57. The van der Waals surface area contributed by atoms with E-state index >= 15 is 0 Å². The molecule has 0 aliphatic carbocycles. The first-order valence-electron chi connectivity index (χ1n) is 6.23. The molecular weight excluding hydrogens is 262 g/mol. The number of benzene rings is 1. The van der Waals surface area contributed by atoms with Crippen LogP contribution in [0.5, 0.6) is 0 Å². The van der Waals surface area contributed by atoms with Gasteiger partial charge in [0.2, 0.25) is 0 Å². The number of amides is 2. The van der Waals surface area contributed by atoms with Crippen molar-refractivity contribution in [2.24, 2.45) is 0 Å². The zero-order valence-electron chi connectivity index (χ0n) is 10.9. The number of nitrogens with one attached hydrogen (secondary N) is 3. The van der Waals surface area contributed by atoms with Gasteiger partial charge in [-0.1, -0.05) is 0 Å². The predicted octanol–water partition coefficient (Wildman–Crippen LogP) is 1.25. The SMILES string of the molecule is CSc1ccc(NC(=O)NC[C@]2(O)CCNC2)cc1. The van der Waals surface area contributed by atoms with E-state index in [0.717, 1.165) is 17.1 Å². The lowest BCUT2D eigenvalue weighted by atomic mass is 10.0. The fourth-order valence-corrected chi connectivity index (χ4v) is 2.38. The number of urea groups is 1. The van der Waals surface area contributed by atoms with Crippen LogP contribution in [0.2, 0.25) is 0 Å². The smallest absolute Gasteiger partial charge is 0.319 e. The van der Waals surface area contributed by atoms with Crippen LogP contribution in [-0.2, 0) is 0 Å². The summed E-state index contributed by atoms with van der Waals surface area (Å²) in [5.41, 5.74) is -0.0770. The Labute approximate surface area is 117 Å². The summed E-state index contributed by atoms with van der Waals surface area (Å²) in [7, 11) is 0. The number of anilines is 1. The topological polar surface area (TPSA) is 73.4 Å². The highest BCUT2D eigenvalue weighted by Gasteiger charge is 2.31. The molecule has 104 valence electrons. The molecule has 0 radical (unpaired) electrons. The van der Waals surface area contributed by atoms with Crippen molar-refractivity contribution in [3.8, 4) is 0 Å². The van der Waals surface area contributed by atoms with Gasteiger partial charge in [0, 0.05) is 23.7 Å². The van der Waals surface area contributed by atoms with Crippen molar-refractivity contribution in [1.29, 1.82) is 0 Å². The van der Waals surface area contributed by atoms with Crippen LogP contribution in [0.3, 0.4) is 0 Å². The lowest BCUT2D eigenvalue weighted by Gasteiger charge is -2.21. The van der Waals surface area contributed by atoms with Crippen molar-refractivity contribution < 1.29 is 9.90 Å². The molecule has 1 fully saturated rings. The summed E-state index contributed by atoms with van der Waals surface area (Å²) < 4.78 is 0. The molecule has 1 aliphatic heterocycles. The second kappa shape index (κ2) is 6.27. The molecular formula is C13H19N3O2S. The zero-order valence-corrected chi connectivity index (χ0v) is 11.7. The maximum absolute atomic E-state index is 11.7. The van der Waals surface area contributed by atoms with E-state index in [1.165, 1.54) is 0 Å². The minimum Gasteiger partial charge on any atom is -0.387 e. The largest absolute Gasteiger partial charge is 0.387 e. The number of carbonyl (C=O) groups is 1. The average molecular weight is 281 g/mol. The number of carbonyl (C=O) groups excluding carboxylic acids is 1. The van der Waals surface area contributed by atoms with E-state index in [2.05, 4.69) is 16.0 Å². The maximum Gasteiger partial charge on any atom is 0.319 e. The van der Waals surface area contributed by atoms with Crippen LogP contribution in [-0.4, -0.2) is 42.6 Å². The van der Waals surface area contributed by atoms with Crippen molar-refractivity contribution in [3.05, 3.63) is 24.3 Å². The van der Waals surface area contributed by atoms with Crippen molar-refractivity contribution in [2.45, 2.75) is 16.9 Å². The second-order valence-electron chi connectivity index (χ2n) is 4.69. The van der Waals surface area contributed by atoms with Crippen molar-refractivity contribution in [2.75, 3.05) is 31.2 Å². The van der Waals surface area contributed by atoms with Crippen LogP contribution in [0.1, 0.15) is 6.42 Å². The average Bonchev–Trinajstić information content (AvgIpc) is 2.85. The van der Waals surface area contributed by atoms with Gasteiger partial charge in [-0.3, -0.25) is 0 Å². The summed E-state index contributed by atoms with van der Waals surface area (Å²) in [6.07, 6.45) is 2.67. The van der Waals surface area contributed by atoms with Crippen LogP contribution in [0.15, 0.2) is 29.2 Å². The molecule has 0 bridgehead atoms. The molecule has 0 unspecified atom stereocenters. The Kier molecular flexibility index (Phi) is 4.68. The Bertz CT molecular complexity index is 430. The zero-order chi connectivity index (χ0) is 13.7. The molecule has 0 spiro atoms. The summed E-state index contributed by atoms with van der Waals surface area (Å²) >= 11 is 1.65. The van der Waals surface area contributed by atoms with Crippen LogP contribution in [0.25, 0.3) is 0 Å². The standard InChI is InChI=1S/C13H19N3O2S/c1-19-11-4-2-10(3-5-11)16-12(17)15-9-13(18)6-7-14-8-13/h2-5,14,18H,6-9H2,1H3,(H2,15,16,17)/t13-/m0/s1. The number of hydrogen-bond acceptors (Lipinski definition) is 4. The molecule has 1 atom stereocenters. The molecule has 19 heavy (non-hydrogen) atoms. The summed E-state index contributed by atoms with van der Waals surface area (Å²) in [5, 5.41) is 18.6. The molecule has 1 aliphatic rings. The van der Waals surface area contributed by atoms with Gasteiger partial charge in [-0.2, -0.15) is 0 Å². The van der Waals surface area contributed by atoms with Crippen LogP contribution >= 0.6 is 11.8 Å². The summed E-state index contributed by atoms with van der Waals surface area (Å²) in [4.78, 5) is 12.9. The van der Waals surface area contributed by atoms with Crippen LogP contribution in [0, 0.1) is 0 Å². The highest BCUT2D eigenvalue weighted by Crippen LogP contribution is 2.17. The minimum absolute atomic E-state index is 0.259. The first-order valence-corrected chi connectivity index (χ1v) is 7.46. The lowest BCUT2D eigenvalue weighted by Crippen LogP contribution is -2.45. The van der Waals surface area contributed by atoms with E-state index in [9.17, 15) is 9.90 Å². The molecule has 2 rings (SSSR count). The normalized spacial score (nSPS) is 22.2. The van der Waals surface area contributed by atoms with E-state index in [0.29, 0.717) is 13.0 Å². The van der Waals surface area contributed by atoms with E-state index in [1.54, 1.807) is 11.8 Å². The molecule has 1 saturated heterocycles. The fraction of sp³-hybridized carbons (Fsp3) is 0.462. The first kappa shape index (κ1) is 14.2. The number of hydrogen-bond donors (Lipinski definition) is 4. The van der Waals surface area contributed by atoms with Gasteiger partial charge in [-0.25, -0.2) is 4.79 Å².